The Kier molecular flexibility index (Phi) is 4.07. The topological polar surface area (TPSA) is 118 Å². The van der Waals surface area contributed by atoms with Crippen molar-refractivity contribution in [2.75, 3.05) is 12.4 Å². The molecule has 0 saturated carbocycles. The number of nitrogens with two attached hydrogens (primary N) is 1. The van der Waals surface area contributed by atoms with Gasteiger partial charge in [-0.25, -0.2) is 9.98 Å². The second kappa shape index (κ2) is 6.45. The fourth-order valence-electron chi connectivity index (χ4n) is 3.11. The molecule has 1 unspecified atom stereocenters. The van der Waals surface area contributed by atoms with Crippen molar-refractivity contribution in [1.82, 2.24) is 19.3 Å². The van der Waals surface area contributed by atoms with Gasteiger partial charge in [0.2, 0.25) is 5.91 Å². The van der Waals surface area contributed by atoms with Gasteiger partial charge in [-0.1, -0.05) is 0 Å². The van der Waals surface area contributed by atoms with Crippen LogP contribution in [0.25, 0.3) is 5.52 Å². The minimum absolute atomic E-state index is 0.139. The van der Waals surface area contributed by atoms with Crippen LogP contribution in [0.4, 0.5) is 5.69 Å². The molecule has 1 aliphatic rings. The van der Waals surface area contributed by atoms with Crippen molar-refractivity contribution in [2.45, 2.75) is 18.9 Å². The number of anilines is 1. The van der Waals surface area contributed by atoms with E-state index in [-0.39, 0.29) is 24.2 Å². The first-order chi connectivity index (χ1) is 13.4. The second-order valence-corrected chi connectivity index (χ2v) is 6.87. The fourth-order valence-corrected chi connectivity index (χ4v) is 3.11. The molecule has 1 aliphatic heterocycles. The molecule has 4 rings (SSSR count). The number of guanidine groups is 1. The number of nitrogens with zero attached hydrogens (tertiary/aromatic N) is 5. The standard InChI is InChI=1S/C19H19N7O2/c1-19(10-16(27)25(2)18(20)24-19)15-8-12(5-6-21-15)23-17(28)14-9-13-4-3-7-26(13)11-22-14/h3-9,11H,10H2,1-2H3,(H2,20,24)(H,21,23,28). The summed E-state index contributed by atoms with van der Waals surface area (Å²) >= 11 is 0. The first-order valence-electron chi connectivity index (χ1n) is 8.68. The normalized spacial score (nSPS) is 19.6. The van der Waals surface area contributed by atoms with Crippen molar-refractivity contribution in [3.05, 3.63) is 60.4 Å². The van der Waals surface area contributed by atoms with Crippen LogP contribution in [0.3, 0.4) is 0 Å². The predicted octanol–water partition coefficient (Wildman–Crippen LogP) is 1.37. The van der Waals surface area contributed by atoms with Crippen molar-refractivity contribution >= 4 is 29.0 Å². The SMILES string of the molecule is CN1C(=O)CC(C)(c2cc(NC(=O)c3cc4cccn4cn3)ccn2)N=C1N. The minimum atomic E-state index is -0.891. The summed E-state index contributed by atoms with van der Waals surface area (Å²) in [5, 5.41) is 2.82. The number of aliphatic imine (C=N–C) groups is 1. The number of hydrogen-bond donors (Lipinski definition) is 2. The van der Waals surface area contributed by atoms with Crippen molar-refractivity contribution in [1.29, 1.82) is 0 Å². The Morgan fingerprint density at radius 1 is 1.29 bits per heavy atom. The van der Waals surface area contributed by atoms with Crippen molar-refractivity contribution in [3.63, 3.8) is 0 Å². The molecule has 9 nitrogen and oxygen atoms in total. The molecular weight excluding hydrogens is 358 g/mol. The van der Waals surface area contributed by atoms with Crippen LogP contribution in [-0.4, -0.2) is 44.1 Å². The molecule has 0 bridgehead atoms. The van der Waals surface area contributed by atoms with E-state index < -0.39 is 5.54 Å². The maximum atomic E-state index is 12.6. The Labute approximate surface area is 160 Å². The van der Waals surface area contributed by atoms with Gasteiger partial charge in [0.25, 0.3) is 5.91 Å². The number of carbonyl (C=O) groups excluding carboxylic acids is 2. The highest BCUT2D eigenvalue weighted by atomic mass is 16.2. The van der Waals surface area contributed by atoms with Gasteiger partial charge in [-0.3, -0.25) is 19.5 Å². The van der Waals surface area contributed by atoms with Crippen LogP contribution >= 0.6 is 0 Å². The van der Waals surface area contributed by atoms with Crippen molar-refractivity contribution in [3.8, 4) is 0 Å². The minimum Gasteiger partial charge on any atom is -0.369 e. The molecule has 3 aromatic heterocycles. The molecule has 0 saturated heterocycles. The number of amides is 2. The summed E-state index contributed by atoms with van der Waals surface area (Å²) in [6.07, 6.45) is 5.15. The zero-order valence-electron chi connectivity index (χ0n) is 15.5. The van der Waals surface area contributed by atoms with Gasteiger partial charge in [0.15, 0.2) is 5.96 Å². The molecular formula is C19H19N7O2. The molecule has 2 amide bonds. The number of hydrogen-bond acceptors (Lipinski definition) is 6. The van der Waals surface area contributed by atoms with Gasteiger partial charge in [-0.15, -0.1) is 0 Å². The molecule has 3 N–H and O–H groups in total. The van der Waals surface area contributed by atoms with Crippen LogP contribution in [-0.2, 0) is 10.3 Å². The van der Waals surface area contributed by atoms with Gasteiger partial charge >= 0.3 is 0 Å². The van der Waals surface area contributed by atoms with Gasteiger partial charge in [0.1, 0.15) is 11.2 Å². The van der Waals surface area contributed by atoms with Crippen molar-refractivity contribution < 1.29 is 9.59 Å². The zero-order valence-corrected chi connectivity index (χ0v) is 15.5. The third-order valence-corrected chi connectivity index (χ3v) is 4.79. The Morgan fingerprint density at radius 3 is 2.89 bits per heavy atom. The van der Waals surface area contributed by atoms with Crippen LogP contribution in [0.5, 0.6) is 0 Å². The molecule has 4 heterocycles. The Balaban J connectivity index is 1.60. The molecule has 0 aliphatic carbocycles. The van der Waals surface area contributed by atoms with Crippen molar-refractivity contribution in [2.24, 2.45) is 10.7 Å². The lowest BCUT2D eigenvalue weighted by molar-refractivity contribution is -0.128. The number of nitrogens with one attached hydrogen (secondary N) is 1. The molecule has 0 spiro atoms. The largest absolute Gasteiger partial charge is 0.369 e. The van der Waals surface area contributed by atoms with E-state index in [1.165, 1.54) is 4.90 Å². The van der Waals surface area contributed by atoms with Crippen LogP contribution in [0, 0.1) is 0 Å². The molecule has 0 aromatic carbocycles. The Bertz CT molecular complexity index is 1120. The van der Waals surface area contributed by atoms with E-state index in [0.717, 1.165) is 5.52 Å². The van der Waals surface area contributed by atoms with E-state index in [4.69, 9.17) is 5.73 Å². The number of aromatic nitrogens is 3. The monoisotopic (exact) mass is 377 g/mol. The third kappa shape index (κ3) is 3.07. The summed E-state index contributed by atoms with van der Waals surface area (Å²) < 4.78 is 1.82. The second-order valence-electron chi connectivity index (χ2n) is 6.87. The average Bonchev–Trinajstić information content (AvgIpc) is 3.14. The molecule has 1 atom stereocenters. The lowest BCUT2D eigenvalue weighted by Gasteiger charge is -2.32. The lowest BCUT2D eigenvalue weighted by Crippen LogP contribution is -2.47. The summed E-state index contributed by atoms with van der Waals surface area (Å²) in [6.45, 7) is 1.79. The van der Waals surface area contributed by atoms with Gasteiger partial charge in [0.05, 0.1) is 18.4 Å². The highest BCUT2D eigenvalue weighted by molar-refractivity contribution is 6.03. The zero-order chi connectivity index (χ0) is 19.9. The number of carbonyl (C=O) groups is 2. The number of rotatable bonds is 3. The number of fused-ring (bicyclic) bond motifs is 1. The third-order valence-electron chi connectivity index (χ3n) is 4.79. The lowest BCUT2D eigenvalue weighted by atomic mass is 9.91. The van der Waals surface area contributed by atoms with E-state index in [1.54, 1.807) is 44.7 Å². The van der Waals surface area contributed by atoms with Gasteiger partial charge < -0.3 is 15.5 Å². The predicted molar refractivity (Wildman–Crippen MR) is 104 cm³/mol. The van der Waals surface area contributed by atoms with E-state index in [0.29, 0.717) is 17.1 Å². The molecule has 9 heteroatoms. The quantitative estimate of drug-likeness (QED) is 0.715. The molecule has 3 aromatic rings. The van der Waals surface area contributed by atoms with Crippen LogP contribution in [0.2, 0.25) is 0 Å². The summed E-state index contributed by atoms with van der Waals surface area (Å²) in [5.74, 6) is -0.343. The molecule has 28 heavy (non-hydrogen) atoms. The summed E-state index contributed by atoms with van der Waals surface area (Å²) in [5.41, 5.74) is 7.22. The van der Waals surface area contributed by atoms with E-state index in [1.807, 2.05) is 22.7 Å². The Hall–Kier alpha value is -3.75. The highest BCUT2D eigenvalue weighted by Crippen LogP contribution is 2.32. The van der Waals surface area contributed by atoms with Gasteiger partial charge in [-0.05, 0) is 37.3 Å². The average molecular weight is 377 g/mol. The summed E-state index contributed by atoms with van der Waals surface area (Å²) in [4.78, 5) is 39.0. The highest BCUT2D eigenvalue weighted by Gasteiger charge is 2.37. The first kappa shape index (κ1) is 17.7. The molecule has 142 valence electrons. The van der Waals surface area contributed by atoms with Crippen LogP contribution in [0.15, 0.2) is 54.0 Å². The van der Waals surface area contributed by atoms with E-state index in [9.17, 15) is 9.59 Å². The van der Waals surface area contributed by atoms with E-state index in [2.05, 4.69) is 20.3 Å². The fraction of sp³-hybridized carbons (Fsp3) is 0.211. The van der Waals surface area contributed by atoms with Crippen LogP contribution in [0.1, 0.15) is 29.5 Å². The maximum Gasteiger partial charge on any atom is 0.274 e. The van der Waals surface area contributed by atoms with Gasteiger partial charge in [-0.2, -0.15) is 0 Å². The maximum absolute atomic E-state index is 12.6. The summed E-state index contributed by atoms with van der Waals surface area (Å²) in [7, 11) is 1.58. The van der Waals surface area contributed by atoms with E-state index >= 15 is 0 Å². The van der Waals surface area contributed by atoms with Gasteiger partial charge in [0, 0.05) is 30.6 Å². The van der Waals surface area contributed by atoms with Crippen LogP contribution < -0.4 is 11.1 Å². The first-order valence-corrected chi connectivity index (χ1v) is 8.68. The molecule has 0 radical (unpaired) electrons. The summed E-state index contributed by atoms with van der Waals surface area (Å²) in [6, 6.07) is 8.85. The Morgan fingerprint density at radius 2 is 2.11 bits per heavy atom. The molecule has 0 fully saturated rings. The number of pyridine rings is 1. The smallest absolute Gasteiger partial charge is 0.274 e.